The van der Waals surface area contributed by atoms with Crippen LogP contribution in [0.3, 0.4) is 0 Å². The Labute approximate surface area is 399 Å². The molecule has 0 N–H and O–H groups in total. The second-order valence-electron chi connectivity index (χ2n) is 10.3. The van der Waals surface area contributed by atoms with E-state index in [1.54, 1.807) is 0 Å². The van der Waals surface area contributed by atoms with Gasteiger partial charge in [0, 0.05) is 131 Å². The van der Waals surface area contributed by atoms with E-state index in [0.717, 1.165) is 42.4 Å². The van der Waals surface area contributed by atoms with Crippen molar-refractivity contribution in [3.63, 3.8) is 0 Å². The third-order valence-corrected chi connectivity index (χ3v) is 6.98. The van der Waals surface area contributed by atoms with Crippen LogP contribution in [0.5, 0.6) is 0 Å². The maximum atomic E-state index is 4.00. The summed E-state index contributed by atoms with van der Waals surface area (Å²) in [6.07, 6.45) is 3.50. The molecule has 0 fully saturated rings. The largest absolute Gasteiger partial charge is 0.350 e. The van der Waals surface area contributed by atoms with Crippen LogP contribution in [0.1, 0.15) is 50.1 Å². The summed E-state index contributed by atoms with van der Waals surface area (Å²) in [5.41, 5.74) is 10.7. The minimum atomic E-state index is 0. The average molecular weight is 938 g/mol. The Kier molecular flexibility index (Phi) is 31.8. The first kappa shape index (κ1) is 50.5. The van der Waals surface area contributed by atoms with Crippen LogP contribution in [0.2, 0.25) is 0 Å². The zero-order valence-corrected chi connectivity index (χ0v) is 39.9. The summed E-state index contributed by atoms with van der Waals surface area (Å²) in [5.74, 6) is 0. The van der Waals surface area contributed by atoms with Crippen LogP contribution in [-0.2, 0) is 157 Å². The smallest absolute Gasteiger partial charge is 0 e. The monoisotopic (exact) mass is 938 g/mol. The van der Waals surface area contributed by atoms with Gasteiger partial charge in [-0.1, -0.05) is 24.6 Å². The molecule has 0 nitrogen and oxygen atoms in total. The van der Waals surface area contributed by atoms with Crippen molar-refractivity contribution in [3.05, 3.63) is 248 Å². The molecule has 6 rings (SSSR count). The number of rotatable bonds is 6. The number of benzene rings is 6. The number of hydrogen-bond donors (Lipinski definition) is 0. The van der Waals surface area contributed by atoms with Gasteiger partial charge in [-0.3, -0.25) is 0 Å². The average Bonchev–Trinajstić information content (AvgIpc) is 3.09. The summed E-state index contributed by atoms with van der Waals surface area (Å²) in [6, 6.07) is 58.1. The van der Waals surface area contributed by atoms with Gasteiger partial charge in [-0.25, -0.2) is 12.8 Å². The molecule has 0 bridgehead atoms. The molecule has 0 aliphatic carbocycles. The quantitative estimate of drug-likeness (QED) is 0.146. The Balaban J connectivity index is 0. The maximum Gasteiger partial charge on any atom is 0 e. The topological polar surface area (TPSA) is 0 Å². The standard InChI is InChI=1S/C14H12.C13H10.2C9H10.4Y/c1-12-7-5-6-10-14(12)11-13-8-3-2-4-9-13;1-3-7-12(8-4-1)11-13-9-5-2-6-10-13;2*1-3-9-7-5-4-6-8(9)2;;;;/h2-8,10H,1,11H2;1-7,9H,11H2;2*4-7H,1-3H2;;;;/q4*-2;;;;. The zero-order chi connectivity index (χ0) is 32.1. The predicted molar refractivity (Wildman–Crippen MR) is 192 cm³/mol. The second-order valence-corrected chi connectivity index (χ2v) is 10.3. The molecule has 0 heterocycles. The van der Waals surface area contributed by atoms with Crippen LogP contribution in [0, 0.1) is 52.8 Å². The van der Waals surface area contributed by atoms with Crippen molar-refractivity contribution in [3.8, 4) is 0 Å². The Morgan fingerprint density at radius 3 is 0.898 bits per heavy atom. The first-order valence-electron chi connectivity index (χ1n) is 15.1. The van der Waals surface area contributed by atoms with E-state index < -0.39 is 0 Å². The van der Waals surface area contributed by atoms with Crippen molar-refractivity contribution in [1.29, 1.82) is 0 Å². The molecule has 0 atom stereocenters. The van der Waals surface area contributed by atoms with E-state index in [0.29, 0.717) is 0 Å². The minimum Gasteiger partial charge on any atom is -0.350 e. The van der Waals surface area contributed by atoms with Crippen molar-refractivity contribution in [2.75, 3.05) is 0 Å². The predicted octanol–water partition coefficient (Wildman–Crippen LogP) is 10.6. The van der Waals surface area contributed by atoms with E-state index >= 15 is 0 Å². The van der Waals surface area contributed by atoms with Gasteiger partial charge in [0.1, 0.15) is 0 Å². The van der Waals surface area contributed by atoms with Crippen molar-refractivity contribution in [1.82, 2.24) is 0 Å². The van der Waals surface area contributed by atoms with Gasteiger partial charge in [-0.15, -0.1) is 42.0 Å². The van der Waals surface area contributed by atoms with Gasteiger partial charge < -0.3 is 13.8 Å². The van der Waals surface area contributed by atoms with Crippen molar-refractivity contribution >= 4 is 0 Å². The third-order valence-electron chi connectivity index (χ3n) is 6.98. The molecule has 4 heteroatoms. The molecule has 49 heavy (non-hydrogen) atoms. The van der Waals surface area contributed by atoms with Crippen LogP contribution in [0.15, 0.2) is 146 Å². The Bertz CT molecular complexity index is 1550. The summed E-state index contributed by atoms with van der Waals surface area (Å²) < 4.78 is 0. The Morgan fingerprint density at radius 2 is 0.633 bits per heavy atom. The molecule has 0 saturated heterocycles. The van der Waals surface area contributed by atoms with Crippen molar-refractivity contribution < 1.29 is 131 Å². The van der Waals surface area contributed by atoms with Gasteiger partial charge in [0.25, 0.3) is 0 Å². The fourth-order valence-electron chi connectivity index (χ4n) is 4.36. The molecule has 4 radical (unpaired) electrons. The maximum absolute atomic E-state index is 4.00. The van der Waals surface area contributed by atoms with Gasteiger partial charge >= 0.3 is 0 Å². The summed E-state index contributed by atoms with van der Waals surface area (Å²) in [6.45, 7) is 19.3. The fourth-order valence-corrected chi connectivity index (χ4v) is 4.36. The molecule has 0 aliphatic rings. The molecule has 242 valence electrons. The Morgan fingerprint density at radius 1 is 0.347 bits per heavy atom. The van der Waals surface area contributed by atoms with Crippen molar-refractivity contribution in [2.24, 2.45) is 0 Å². The molecule has 0 aliphatic heterocycles. The van der Waals surface area contributed by atoms with Crippen LogP contribution in [0.4, 0.5) is 0 Å². The van der Waals surface area contributed by atoms with E-state index in [-0.39, 0.29) is 131 Å². The summed E-state index contributed by atoms with van der Waals surface area (Å²) in [5, 5.41) is 0. The Hall–Kier alpha value is -0.654. The minimum absolute atomic E-state index is 0. The SMILES string of the molecule is [CH2-]Cc1ccccc1[CH2-].[CH2-]Cc1ccccc1[CH2-].[CH2-]c1ccccc1Cc1[c-]cccc1.[Y].[Y].[Y].[Y].[c-]1ccccc1Cc1[c-]cccc1. The van der Waals surface area contributed by atoms with Gasteiger partial charge in [0.15, 0.2) is 0 Å². The fraction of sp³-hybridized carbons (Fsp3) is 0.0889. The third kappa shape index (κ3) is 20.8. The van der Waals surface area contributed by atoms with Gasteiger partial charge in [0.2, 0.25) is 0 Å². The first-order valence-corrected chi connectivity index (χ1v) is 15.1. The van der Waals surface area contributed by atoms with Crippen LogP contribution in [0.25, 0.3) is 0 Å². The summed E-state index contributed by atoms with van der Waals surface area (Å²) in [4.78, 5) is 0. The second kappa shape index (κ2) is 30.9. The van der Waals surface area contributed by atoms with E-state index in [4.69, 9.17) is 0 Å². The van der Waals surface area contributed by atoms with E-state index in [9.17, 15) is 0 Å². The van der Waals surface area contributed by atoms with E-state index in [1.807, 2.05) is 109 Å². The van der Waals surface area contributed by atoms with Crippen molar-refractivity contribution in [2.45, 2.75) is 25.7 Å². The van der Waals surface area contributed by atoms with Crippen LogP contribution < -0.4 is 0 Å². The van der Waals surface area contributed by atoms with Gasteiger partial charge in [0.05, 0.1) is 0 Å². The molecule has 0 amide bonds. The normalized spacial score (nSPS) is 8.94. The molecule has 6 aromatic carbocycles. The van der Waals surface area contributed by atoms with Gasteiger partial charge in [-0.05, 0) is 6.42 Å². The first-order chi connectivity index (χ1) is 22.0. The molecular formula is C45H42Y4-8. The molecule has 0 unspecified atom stereocenters. The molecule has 0 saturated carbocycles. The van der Waals surface area contributed by atoms with Crippen LogP contribution in [-0.4, -0.2) is 0 Å². The summed E-state index contributed by atoms with van der Waals surface area (Å²) in [7, 11) is 0. The molecule has 0 spiro atoms. The molecule has 0 aromatic heterocycles. The van der Waals surface area contributed by atoms with Gasteiger partial charge in [-0.2, -0.15) is 174 Å². The number of hydrogen-bond acceptors (Lipinski definition) is 0. The van der Waals surface area contributed by atoms with E-state index in [2.05, 4.69) is 89.2 Å². The summed E-state index contributed by atoms with van der Waals surface area (Å²) >= 11 is 0. The zero-order valence-electron chi connectivity index (χ0n) is 28.5. The molecular weight excluding hydrogens is 896 g/mol. The van der Waals surface area contributed by atoms with E-state index in [1.165, 1.54) is 33.4 Å². The molecule has 6 aromatic rings. The van der Waals surface area contributed by atoms with Crippen LogP contribution >= 0.6 is 0 Å².